The molecule has 82 valence electrons. The first-order valence-corrected chi connectivity index (χ1v) is 6.72. The Balaban J connectivity index is 1.95. The summed E-state index contributed by atoms with van der Waals surface area (Å²) in [5.41, 5.74) is -0.537. The molecule has 3 nitrogen and oxygen atoms in total. The van der Waals surface area contributed by atoms with E-state index in [2.05, 4.69) is 11.4 Å². The zero-order chi connectivity index (χ0) is 10.7. The summed E-state index contributed by atoms with van der Waals surface area (Å²) in [4.78, 5) is 11.9. The van der Waals surface area contributed by atoms with Gasteiger partial charge < -0.3 is 5.32 Å². The van der Waals surface area contributed by atoms with Crippen LogP contribution in [-0.4, -0.2) is 23.0 Å². The Morgan fingerprint density at radius 3 is 2.73 bits per heavy atom. The van der Waals surface area contributed by atoms with Crippen LogP contribution >= 0.6 is 11.8 Å². The van der Waals surface area contributed by atoms with E-state index in [1.807, 2.05) is 11.8 Å². The fourth-order valence-electron chi connectivity index (χ4n) is 2.32. The molecular formula is C11H16N2OS. The van der Waals surface area contributed by atoms with Crippen LogP contribution in [-0.2, 0) is 4.79 Å². The van der Waals surface area contributed by atoms with Crippen molar-refractivity contribution in [1.82, 2.24) is 5.32 Å². The monoisotopic (exact) mass is 224 g/mol. The molecule has 1 saturated carbocycles. The maximum atomic E-state index is 11.9. The van der Waals surface area contributed by atoms with E-state index >= 15 is 0 Å². The first kappa shape index (κ1) is 10.8. The molecule has 2 rings (SSSR count). The lowest BCUT2D eigenvalue weighted by Crippen LogP contribution is -2.47. The number of rotatable bonds is 2. The average molecular weight is 224 g/mol. The predicted molar refractivity (Wildman–Crippen MR) is 60.4 cm³/mol. The van der Waals surface area contributed by atoms with E-state index in [9.17, 15) is 4.79 Å². The van der Waals surface area contributed by atoms with E-state index in [1.54, 1.807) is 0 Å². The van der Waals surface area contributed by atoms with Crippen molar-refractivity contribution in [3.05, 3.63) is 0 Å². The summed E-state index contributed by atoms with van der Waals surface area (Å²) >= 11 is 1.83. The van der Waals surface area contributed by atoms with E-state index in [0.717, 1.165) is 43.6 Å². The number of amides is 1. The molecule has 1 N–H and O–H groups in total. The third-order valence-corrected chi connectivity index (χ3v) is 4.50. The van der Waals surface area contributed by atoms with Crippen LogP contribution in [0.3, 0.4) is 0 Å². The van der Waals surface area contributed by atoms with Gasteiger partial charge in [0.15, 0.2) is 0 Å². The number of carbonyl (C=O) groups excluding carboxylic acids is 1. The Labute approximate surface area is 94.6 Å². The second-order valence-corrected chi connectivity index (χ2v) is 5.60. The van der Waals surface area contributed by atoms with Crippen LogP contribution in [0, 0.1) is 17.2 Å². The Bertz CT molecular complexity index is 285. The largest absolute Gasteiger partial charge is 0.338 e. The number of carbonyl (C=O) groups is 1. The van der Waals surface area contributed by atoms with Crippen LogP contribution in [0.2, 0.25) is 0 Å². The molecule has 1 saturated heterocycles. The summed E-state index contributed by atoms with van der Waals surface area (Å²) in [7, 11) is 0. The molecule has 1 aliphatic carbocycles. The van der Waals surface area contributed by atoms with E-state index in [4.69, 9.17) is 5.26 Å². The highest BCUT2D eigenvalue weighted by atomic mass is 32.2. The van der Waals surface area contributed by atoms with Gasteiger partial charge in [0.05, 0.1) is 6.07 Å². The second-order valence-electron chi connectivity index (χ2n) is 4.45. The molecule has 0 spiro atoms. The molecule has 2 aliphatic rings. The number of nitrogens with one attached hydrogen (secondary N) is 1. The number of nitrogens with zero attached hydrogens (tertiary/aromatic N) is 1. The summed E-state index contributed by atoms with van der Waals surface area (Å²) in [5, 5.41) is 12.1. The molecule has 2 fully saturated rings. The summed E-state index contributed by atoms with van der Waals surface area (Å²) in [6, 6.07) is 2.29. The zero-order valence-corrected chi connectivity index (χ0v) is 9.61. The van der Waals surface area contributed by atoms with Gasteiger partial charge in [0.25, 0.3) is 0 Å². The fraction of sp³-hybridized carbons (Fsp3) is 0.818. The van der Waals surface area contributed by atoms with Gasteiger partial charge in [0.1, 0.15) is 5.54 Å². The topological polar surface area (TPSA) is 52.9 Å². The first-order valence-electron chi connectivity index (χ1n) is 5.57. The van der Waals surface area contributed by atoms with Crippen LogP contribution in [0.25, 0.3) is 0 Å². The number of thioether (sulfide) groups is 1. The molecule has 1 amide bonds. The fourth-order valence-corrected chi connectivity index (χ4v) is 3.54. The van der Waals surface area contributed by atoms with Crippen LogP contribution in [0.5, 0.6) is 0 Å². The van der Waals surface area contributed by atoms with Crippen molar-refractivity contribution < 1.29 is 4.79 Å². The Kier molecular flexibility index (Phi) is 3.20. The van der Waals surface area contributed by atoms with Crippen molar-refractivity contribution in [1.29, 1.82) is 5.26 Å². The average Bonchev–Trinajstić information content (AvgIpc) is 2.88. The highest BCUT2D eigenvalue weighted by Crippen LogP contribution is 2.30. The second kappa shape index (κ2) is 4.44. The molecule has 4 heteroatoms. The van der Waals surface area contributed by atoms with E-state index in [0.29, 0.717) is 0 Å². The normalized spacial score (nSPS) is 28.6. The molecule has 0 aromatic heterocycles. The molecule has 1 unspecified atom stereocenters. The van der Waals surface area contributed by atoms with Crippen molar-refractivity contribution in [3.63, 3.8) is 0 Å². The highest BCUT2D eigenvalue weighted by molar-refractivity contribution is 7.99. The predicted octanol–water partition coefficient (Wildman–Crippen LogP) is 1.69. The van der Waals surface area contributed by atoms with Gasteiger partial charge in [-0.15, -0.1) is 0 Å². The SMILES string of the molecule is N#CC1(NC(=O)C2CCSC2)CCCC1. The van der Waals surface area contributed by atoms with Gasteiger partial charge in [0.2, 0.25) is 5.91 Å². The maximum Gasteiger partial charge on any atom is 0.225 e. The lowest BCUT2D eigenvalue weighted by atomic mass is 9.98. The smallest absolute Gasteiger partial charge is 0.225 e. The van der Waals surface area contributed by atoms with E-state index < -0.39 is 5.54 Å². The van der Waals surface area contributed by atoms with Gasteiger partial charge in [-0.2, -0.15) is 17.0 Å². The van der Waals surface area contributed by atoms with Crippen molar-refractivity contribution in [3.8, 4) is 6.07 Å². The lowest BCUT2D eigenvalue weighted by molar-refractivity contribution is -0.125. The summed E-state index contributed by atoms with van der Waals surface area (Å²) in [5.74, 6) is 2.25. The lowest BCUT2D eigenvalue weighted by Gasteiger charge is -2.23. The zero-order valence-electron chi connectivity index (χ0n) is 8.79. The Morgan fingerprint density at radius 1 is 1.47 bits per heavy atom. The minimum atomic E-state index is -0.537. The third-order valence-electron chi connectivity index (χ3n) is 3.33. The number of hydrogen-bond acceptors (Lipinski definition) is 3. The molecule has 0 aromatic rings. The Hall–Kier alpha value is -0.690. The molecular weight excluding hydrogens is 208 g/mol. The quantitative estimate of drug-likeness (QED) is 0.776. The molecule has 0 bridgehead atoms. The third kappa shape index (κ3) is 2.28. The van der Waals surface area contributed by atoms with Crippen LogP contribution in [0.15, 0.2) is 0 Å². The van der Waals surface area contributed by atoms with Crippen molar-refractivity contribution in [2.45, 2.75) is 37.6 Å². The van der Waals surface area contributed by atoms with E-state index in [1.165, 1.54) is 0 Å². The van der Waals surface area contributed by atoms with Gasteiger partial charge in [-0.05, 0) is 37.9 Å². The molecule has 15 heavy (non-hydrogen) atoms. The standard InChI is InChI=1S/C11H16N2OS/c12-8-11(4-1-2-5-11)13-10(14)9-3-6-15-7-9/h9H,1-7H2,(H,13,14). The number of nitriles is 1. The minimum Gasteiger partial charge on any atom is -0.338 e. The van der Waals surface area contributed by atoms with Gasteiger partial charge >= 0.3 is 0 Å². The maximum absolute atomic E-state index is 11.9. The summed E-state index contributed by atoms with van der Waals surface area (Å²) in [6.07, 6.45) is 4.75. The molecule has 1 heterocycles. The van der Waals surface area contributed by atoms with Crippen molar-refractivity contribution >= 4 is 17.7 Å². The molecule has 0 aromatic carbocycles. The summed E-state index contributed by atoms with van der Waals surface area (Å²) in [6.45, 7) is 0. The highest BCUT2D eigenvalue weighted by Gasteiger charge is 2.37. The molecule has 1 atom stereocenters. The van der Waals surface area contributed by atoms with Crippen LogP contribution in [0.1, 0.15) is 32.1 Å². The van der Waals surface area contributed by atoms with Gasteiger partial charge in [-0.25, -0.2) is 0 Å². The number of hydrogen-bond donors (Lipinski definition) is 1. The Morgan fingerprint density at radius 2 is 2.20 bits per heavy atom. The van der Waals surface area contributed by atoms with E-state index in [-0.39, 0.29) is 11.8 Å². The van der Waals surface area contributed by atoms with Crippen LogP contribution in [0.4, 0.5) is 0 Å². The van der Waals surface area contributed by atoms with Crippen LogP contribution < -0.4 is 5.32 Å². The van der Waals surface area contributed by atoms with Gasteiger partial charge in [-0.3, -0.25) is 4.79 Å². The van der Waals surface area contributed by atoms with Crippen molar-refractivity contribution in [2.75, 3.05) is 11.5 Å². The van der Waals surface area contributed by atoms with Crippen molar-refractivity contribution in [2.24, 2.45) is 5.92 Å². The minimum absolute atomic E-state index is 0.100. The first-order chi connectivity index (χ1) is 7.26. The summed E-state index contributed by atoms with van der Waals surface area (Å²) < 4.78 is 0. The van der Waals surface area contributed by atoms with Gasteiger partial charge in [-0.1, -0.05) is 0 Å². The molecule has 1 aliphatic heterocycles. The van der Waals surface area contributed by atoms with Gasteiger partial charge in [0, 0.05) is 11.7 Å². The molecule has 0 radical (unpaired) electrons.